The highest BCUT2D eigenvalue weighted by atomic mass is 19.4. The first-order chi connectivity index (χ1) is 14.4. The summed E-state index contributed by atoms with van der Waals surface area (Å²) in [5.41, 5.74) is 3.10. The monoisotopic (exact) mass is 414 g/mol. The molecule has 0 unspecified atom stereocenters. The van der Waals surface area contributed by atoms with E-state index in [4.69, 9.17) is 4.74 Å². The molecule has 0 saturated heterocycles. The number of halogens is 3. The van der Waals surface area contributed by atoms with Crippen LogP contribution >= 0.6 is 0 Å². The molecule has 0 aliphatic carbocycles. The van der Waals surface area contributed by atoms with E-state index in [0.29, 0.717) is 11.4 Å². The molecule has 1 aliphatic rings. The van der Waals surface area contributed by atoms with Crippen LogP contribution in [-0.4, -0.2) is 28.8 Å². The van der Waals surface area contributed by atoms with E-state index < -0.39 is 6.36 Å². The average Bonchev–Trinajstić information content (AvgIpc) is 2.87. The molecule has 1 aromatic heterocycles. The van der Waals surface area contributed by atoms with E-state index in [9.17, 15) is 18.0 Å². The van der Waals surface area contributed by atoms with Crippen LogP contribution in [0.25, 0.3) is 11.1 Å². The fraction of sp³-hybridized carbons (Fsp3) is 0.182. The maximum Gasteiger partial charge on any atom is 0.573 e. The molecular weight excluding hydrogens is 397 g/mol. The fourth-order valence-electron chi connectivity index (χ4n) is 3.34. The Labute approximate surface area is 170 Å². The van der Waals surface area contributed by atoms with Crippen molar-refractivity contribution >= 4 is 5.91 Å². The van der Waals surface area contributed by atoms with E-state index in [1.807, 2.05) is 36.4 Å². The van der Waals surface area contributed by atoms with E-state index in [1.165, 1.54) is 23.1 Å². The predicted molar refractivity (Wildman–Crippen MR) is 103 cm³/mol. The van der Waals surface area contributed by atoms with E-state index in [1.54, 1.807) is 12.3 Å². The summed E-state index contributed by atoms with van der Waals surface area (Å²) in [7, 11) is 0. The molecule has 0 saturated carbocycles. The smallest absolute Gasteiger partial charge is 0.467 e. The van der Waals surface area contributed by atoms with Gasteiger partial charge in [-0.25, -0.2) is 4.98 Å². The molecule has 0 bridgehead atoms. The van der Waals surface area contributed by atoms with Crippen LogP contribution < -0.4 is 9.47 Å². The molecule has 0 atom stereocenters. The lowest BCUT2D eigenvalue weighted by atomic mass is 10.0. The van der Waals surface area contributed by atoms with Crippen molar-refractivity contribution in [2.24, 2.45) is 0 Å². The summed E-state index contributed by atoms with van der Waals surface area (Å²) in [4.78, 5) is 18.4. The molecule has 2 aromatic carbocycles. The first-order valence-corrected chi connectivity index (χ1v) is 9.17. The molecule has 2 heterocycles. The first kappa shape index (κ1) is 19.8. The number of hydrogen-bond acceptors (Lipinski definition) is 4. The highest BCUT2D eigenvalue weighted by Crippen LogP contribution is 2.32. The summed E-state index contributed by atoms with van der Waals surface area (Å²) in [6, 6.07) is 17.1. The van der Waals surface area contributed by atoms with Gasteiger partial charge in [-0.1, -0.05) is 42.5 Å². The van der Waals surface area contributed by atoms with Gasteiger partial charge in [0.1, 0.15) is 5.75 Å². The number of ether oxygens (including phenoxy) is 2. The Hall–Kier alpha value is -3.55. The number of aromatic nitrogens is 1. The van der Waals surface area contributed by atoms with E-state index in [-0.39, 0.29) is 31.4 Å². The number of alkyl halides is 3. The second-order valence-electron chi connectivity index (χ2n) is 6.74. The number of fused-ring (bicyclic) bond motifs is 1. The Morgan fingerprint density at radius 3 is 2.63 bits per heavy atom. The van der Waals surface area contributed by atoms with Gasteiger partial charge in [-0.3, -0.25) is 4.79 Å². The van der Waals surface area contributed by atoms with Crippen molar-refractivity contribution in [3.63, 3.8) is 0 Å². The average molecular weight is 414 g/mol. The number of benzene rings is 2. The van der Waals surface area contributed by atoms with Gasteiger partial charge >= 0.3 is 6.36 Å². The zero-order valence-corrected chi connectivity index (χ0v) is 15.7. The lowest BCUT2D eigenvalue weighted by molar-refractivity contribution is -0.274. The minimum absolute atomic E-state index is 0.111. The van der Waals surface area contributed by atoms with Crippen molar-refractivity contribution in [3.8, 4) is 22.8 Å². The van der Waals surface area contributed by atoms with Crippen LogP contribution in [0.2, 0.25) is 0 Å². The molecule has 0 fully saturated rings. The minimum Gasteiger partial charge on any atom is -0.467 e. The lowest BCUT2D eigenvalue weighted by Crippen LogP contribution is -2.32. The third-order valence-electron chi connectivity index (χ3n) is 4.64. The summed E-state index contributed by atoms with van der Waals surface area (Å²) in [5.74, 6) is -0.235. The van der Waals surface area contributed by atoms with Gasteiger partial charge < -0.3 is 14.4 Å². The van der Waals surface area contributed by atoms with Gasteiger partial charge in [0.15, 0.2) is 6.61 Å². The molecule has 0 radical (unpaired) electrons. The van der Waals surface area contributed by atoms with Gasteiger partial charge in [-0.05, 0) is 34.9 Å². The van der Waals surface area contributed by atoms with Crippen molar-refractivity contribution in [1.29, 1.82) is 0 Å². The molecule has 30 heavy (non-hydrogen) atoms. The van der Waals surface area contributed by atoms with Gasteiger partial charge in [-0.15, -0.1) is 13.2 Å². The molecular formula is C22H17F3N2O3. The molecule has 5 nitrogen and oxygen atoms in total. The summed E-state index contributed by atoms with van der Waals surface area (Å²) >= 11 is 0. The summed E-state index contributed by atoms with van der Waals surface area (Å²) in [5, 5.41) is 0. The molecule has 0 N–H and O–H groups in total. The summed E-state index contributed by atoms with van der Waals surface area (Å²) in [6.07, 6.45) is -3.15. The van der Waals surface area contributed by atoms with Crippen LogP contribution in [0.3, 0.4) is 0 Å². The molecule has 154 valence electrons. The molecule has 3 aromatic rings. The SMILES string of the molecule is O=C1COc2nccc(-c3ccccc3)c2CN1Cc1cccc(OC(F)(F)F)c1. The maximum atomic E-state index is 12.6. The zero-order valence-electron chi connectivity index (χ0n) is 15.7. The number of rotatable bonds is 4. The van der Waals surface area contributed by atoms with E-state index >= 15 is 0 Å². The second kappa shape index (κ2) is 8.06. The van der Waals surface area contributed by atoms with Crippen LogP contribution in [0.1, 0.15) is 11.1 Å². The lowest BCUT2D eigenvalue weighted by Gasteiger charge is -2.21. The Morgan fingerprint density at radius 1 is 1.07 bits per heavy atom. The number of amides is 1. The standard InChI is InChI=1S/C22H17F3N2O3/c23-22(24,25)30-17-8-4-5-15(11-17)12-27-13-19-18(16-6-2-1-3-7-16)9-10-26-21(19)29-14-20(27)28/h1-11H,12-14H2. The Kier molecular flexibility index (Phi) is 5.31. The van der Waals surface area contributed by atoms with Crippen LogP contribution in [-0.2, 0) is 17.9 Å². The van der Waals surface area contributed by atoms with E-state index in [0.717, 1.165) is 16.7 Å². The van der Waals surface area contributed by atoms with E-state index in [2.05, 4.69) is 9.72 Å². The Balaban J connectivity index is 1.63. The van der Waals surface area contributed by atoms with Crippen LogP contribution in [0, 0.1) is 0 Å². The van der Waals surface area contributed by atoms with Crippen molar-refractivity contribution in [2.45, 2.75) is 19.5 Å². The largest absolute Gasteiger partial charge is 0.573 e. The van der Waals surface area contributed by atoms with Crippen LogP contribution in [0.15, 0.2) is 66.9 Å². The van der Waals surface area contributed by atoms with Crippen molar-refractivity contribution in [3.05, 3.63) is 78.0 Å². The quantitative estimate of drug-likeness (QED) is 0.628. The molecule has 1 aliphatic heterocycles. The third kappa shape index (κ3) is 4.53. The van der Waals surface area contributed by atoms with Crippen molar-refractivity contribution < 1.29 is 27.4 Å². The van der Waals surface area contributed by atoms with Crippen LogP contribution in [0.4, 0.5) is 13.2 Å². The van der Waals surface area contributed by atoms with Crippen LogP contribution in [0.5, 0.6) is 11.6 Å². The van der Waals surface area contributed by atoms with Gasteiger partial charge in [0.2, 0.25) is 5.88 Å². The number of carbonyl (C=O) groups is 1. The minimum atomic E-state index is -4.78. The topological polar surface area (TPSA) is 51.7 Å². The van der Waals surface area contributed by atoms with Gasteiger partial charge in [0, 0.05) is 18.3 Å². The molecule has 4 rings (SSSR count). The Morgan fingerprint density at radius 2 is 1.87 bits per heavy atom. The third-order valence-corrected chi connectivity index (χ3v) is 4.64. The zero-order chi connectivity index (χ0) is 21.1. The first-order valence-electron chi connectivity index (χ1n) is 9.17. The molecule has 0 spiro atoms. The number of nitrogens with zero attached hydrogens (tertiary/aromatic N) is 2. The summed E-state index contributed by atoms with van der Waals surface area (Å²) < 4.78 is 47.1. The molecule has 8 heteroatoms. The number of hydrogen-bond donors (Lipinski definition) is 0. The fourth-order valence-corrected chi connectivity index (χ4v) is 3.34. The predicted octanol–water partition coefficient (Wildman–Crippen LogP) is 4.57. The van der Waals surface area contributed by atoms with Crippen molar-refractivity contribution in [2.75, 3.05) is 6.61 Å². The van der Waals surface area contributed by atoms with Gasteiger partial charge in [0.25, 0.3) is 5.91 Å². The normalized spacial score (nSPS) is 14.0. The Bertz CT molecular complexity index is 1050. The maximum absolute atomic E-state index is 12.6. The van der Waals surface area contributed by atoms with Crippen molar-refractivity contribution in [1.82, 2.24) is 9.88 Å². The highest BCUT2D eigenvalue weighted by molar-refractivity contribution is 5.79. The number of carbonyl (C=O) groups excluding carboxylic acids is 1. The van der Waals surface area contributed by atoms with Gasteiger partial charge in [-0.2, -0.15) is 0 Å². The highest BCUT2D eigenvalue weighted by Gasteiger charge is 2.31. The summed E-state index contributed by atoms with van der Waals surface area (Å²) in [6.45, 7) is 0.132. The van der Waals surface area contributed by atoms with Gasteiger partial charge in [0.05, 0.1) is 6.54 Å². The number of pyridine rings is 1. The molecule has 1 amide bonds. The second-order valence-corrected chi connectivity index (χ2v) is 6.74.